The highest BCUT2D eigenvalue weighted by Gasteiger charge is 2.17. The number of nitrogens with zero attached hydrogens (tertiary/aromatic N) is 1. The van der Waals surface area contributed by atoms with Gasteiger partial charge in [0.25, 0.3) is 5.91 Å². The molecule has 1 aromatic carbocycles. The highest BCUT2D eigenvalue weighted by molar-refractivity contribution is 5.92. The third kappa shape index (κ3) is 6.10. The predicted octanol–water partition coefficient (Wildman–Crippen LogP) is 1.44. The second kappa shape index (κ2) is 8.92. The molecule has 23 heavy (non-hydrogen) atoms. The van der Waals surface area contributed by atoms with Crippen LogP contribution < -0.4 is 5.32 Å². The summed E-state index contributed by atoms with van der Waals surface area (Å²) in [6.07, 6.45) is 0. The van der Waals surface area contributed by atoms with Gasteiger partial charge in [0.05, 0.1) is 12.1 Å². The average molecular weight is 320 g/mol. The van der Waals surface area contributed by atoms with Crippen molar-refractivity contribution in [2.75, 3.05) is 26.2 Å². The number of rotatable bonds is 7. The molecule has 2 amide bonds. The van der Waals surface area contributed by atoms with Crippen LogP contribution in [0, 0.1) is 13.8 Å². The van der Waals surface area contributed by atoms with Crippen LogP contribution in [0.1, 0.15) is 35.3 Å². The molecule has 0 heterocycles. The zero-order chi connectivity index (χ0) is 17.4. The fourth-order valence-corrected chi connectivity index (χ4v) is 2.20. The normalized spacial score (nSPS) is 10.1. The first kappa shape index (κ1) is 18.7. The lowest BCUT2D eigenvalue weighted by Crippen LogP contribution is -2.42. The summed E-state index contributed by atoms with van der Waals surface area (Å²) < 4.78 is 5.06. The van der Waals surface area contributed by atoms with Gasteiger partial charge in [-0.15, -0.1) is 0 Å². The molecule has 1 rings (SSSR count). The van der Waals surface area contributed by atoms with E-state index in [1.54, 1.807) is 19.1 Å². The molecule has 0 saturated heterocycles. The van der Waals surface area contributed by atoms with E-state index in [1.165, 1.54) is 4.90 Å². The Morgan fingerprint density at radius 3 is 2.22 bits per heavy atom. The molecule has 0 bridgehead atoms. The summed E-state index contributed by atoms with van der Waals surface area (Å²) in [5.74, 6) is -1.17. The molecule has 0 atom stereocenters. The molecule has 6 nitrogen and oxygen atoms in total. The Kier molecular flexibility index (Phi) is 7.25. The van der Waals surface area contributed by atoms with Crippen molar-refractivity contribution in [1.82, 2.24) is 10.2 Å². The van der Waals surface area contributed by atoms with Gasteiger partial charge in [0.15, 0.2) is 6.61 Å². The number of aryl methyl sites for hydroxylation is 2. The van der Waals surface area contributed by atoms with E-state index in [1.807, 2.05) is 26.8 Å². The average Bonchev–Trinajstić information content (AvgIpc) is 2.49. The molecule has 0 aromatic heterocycles. The van der Waals surface area contributed by atoms with E-state index in [0.717, 1.165) is 11.1 Å². The summed E-state index contributed by atoms with van der Waals surface area (Å²) in [5.41, 5.74) is 2.33. The van der Waals surface area contributed by atoms with Gasteiger partial charge in [-0.05, 0) is 39.8 Å². The minimum absolute atomic E-state index is 0.0374. The van der Waals surface area contributed by atoms with E-state index in [0.29, 0.717) is 18.7 Å². The van der Waals surface area contributed by atoms with E-state index in [9.17, 15) is 14.4 Å². The van der Waals surface area contributed by atoms with E-state index in [-0.39, 0.29) is 19.1 Å². The van der Waals surface area contributed by atoms with E-state index < -0.39 is 11.9 Å². The van der Waals surface area contributed by atoms with Crippen LogP contribution >= 0.6 is 0 Å². The van der Waals surface area contributed by atoms with Crippen LogP contribution in [0.4, 0.5) is 0 Å². The van der Waals surface area contributed by atoms with E-state index in [2.05, 4.69) is 5.32 Å². The molecular weight excluding hydrogens is 296 g/mol. The Labute approximate surface area is 136 Å². The van der Waals surface area contributed by atoms with Crippen LogP contribution in [0.15, 0.2) is 18.2 Å². The van der Waals surface area contributed by atoms with Gasteiger partial charge < -0.3 is 15.0 Å². The maximum atomic E-state index is 12.1. The molecule has 0 aliphatic rings. The van der Waals surface area contributed by atoms with Crippen molar-refractivity contribution < 1.29 is 19.1 Å². The van der Waals surface area contributed by atoms with Crippen molar-refractivity contribution in [3.8, 4) is 0 Å². The van der Waals surface area contributed by atoms with Crippen molar-refractivity contribution in [2.24, 2.45) is 0 Å². The van der Waals surface area contributed by atoms with Gasteiger partial charge in [0.2, 0.25) is 5.91 Å². The molecule has 0 spiro atoms. The fourth-order valence-electron chi connectivity index (χ4n) is 2.20. The van der Waals surface area contributed by atoms with E-state index >= 15 is 0 Å². The second-order valence-electron chi connectivity index (χ2n) is 5.31. The van der Waals surface area contributed by atoms with Crippen molar-refractivity contribution in [2.45, 2.75) is 27.7 Å². The molecule has 0 radical (unpaired) electrons. The number of nitrogens with one attached hydrogen (secondary N) is 1. The third-order valence-corrected chi connectivity index (χ3v) is 3.23. The lowest BCUT2D eigenvalue weighted by Gasteiger charge is -2.20. The summed E-state index contributed by atoms with van der Waals surface area (Å²) in [6, 6.07) is 5.38. The molecule has 0 aliphatic carbocycles. The highest BCUT2D eigenvalue weighted by atomic mass is 16.5. The van der Waals surface area contributed by atoms with Crippen molar-refractivity contribution >= 4 is 17.8 Å². The van der Waals surface area contributed by atoms with Gasteiger partial charge in [-0.1, -0.05) is 17.2 Å². The van der Waals surface area contributed by atoms with E-state index in [4.69, 9.17) is 4.74 Å². The number of hydrogen-bond acceptors (Lipinski definition) is 4. The van der Waals surface area contributed by atoms with Crippen molar-refractivity contribution in [1.29, 1.82) is 0 Å². The number of carbonyl (C=O) groups excluding carboxylic acids is 3. The summed E-state index contributed by atoms with van der Waals surface area (Å²) in [5, 5.41) is 2.63. The molecule has 0 aliphatic heterocycles. The van der Waals surface area contributed by atoms with Gasteiger partial charge in [0.1, 0.15) is 0 Å². The minimum Gasteiger partial charge on any atom is -0.452 e. The standard InChI is InChI=1S/C17H24N2O4/c1-5-18-15(20)10-19(6-2)16(21)11-23-17(22)14-8-12(3)7-13(4)9-14/h7-9H,5-6,10-11H2,1-4H3,(H,18,20). The Balaban J connectivity index is 2.59. The second-order valence-corrected chi connectivity index (χ2v) is 5.31. The quantitative estimate of drug-likeness (QED) is 0.772. The smallest absolute Gasteiger partial charge is 0.338 e. The third-order valence-electron chi connectivity index (χ3n) is 3.23. The lowest BCUT2D eigenvalue weighted by atomic mass is 10.1. The molecule has 0 saturated carbocycles. The molecule has 1 N–H and O–H groups in total. The molecule has 6 heteroatoms. The largest absolute Gasteiger partial charge is 0.452 e. The molecule has 0 fully saturated rings. The van der Waals surface area contributed by atoms with Crippen LogP contribution in [-0.4, -0.2) is 48.9 Å². The van der Waals surface area contributed by atoms with Gasteiger partial charge in [-0.2, -0.15) is 0 Å². The first-order chi connectivity index (χ1) is 10.9. The van der Waals surface area contributed by atoms with Crippen LogP contribution in [0.3, 0.4) is 0 Å². The number of benzene rings is 1. The maximum absolute atomic E-state index is 12.1. The molecule has 1 aromatic rings. The zero-order valence-corrected chi connectivity index (χ0v) is 14.1. The summed E-state index contributed by atoms with van der Waals surface area (Å²) in [4.78, 5) is 37.0. The Hall–Kier alpha value is -2.37. The molecule has 126 valence electrons. The molecule has 0 unspecified atom stereocenters. The Bertz CT molecular complexity index is 564. The SMILES string of the molecule is CCNC(=O)CN(CC)C(=O)COC(=O)c1cc(C)cc(C)c1. The Morgan fingerprint density at radius 2 is 1.70 bits per heavy atom. The number of esters is 1. The van der Waals surface area contributed by atoms with Crippen LogP contribution in [0.25, 0.3) is 0 Å². The summed E-state index contributed by atoms with van der Waals surface area (Å²) >= 11 is 0. The monoisotopic (exact) mass is 320 g/mol. The van der Waals surface area contributed by atoms with Gasteiger partial charge in [-0.25, -0.2) is 4.79 Å². The highest BCUT2D eigenvalue weighted by Crippen LogP contribution is 2.10. The minimum atomic E-state index is -0.542. The van der Waals surface area contributed by atoms with Crippen LogP contribution in [-0.2, 0) is 14.3 Å². The number of carbonyl (C=O) groups is 3. The van der Waals surface area contributed by atoms with Crippen molar-refractivity contribution in [3.05, 3.63) is 34.9 Å². The summed E-state index contributed by atoms with van der Waals surface area (Å²) in [7, 11) is 0. The predicted molar refractivity (Wildman–Crippen MR) is 87.1 cm³/mol. The van der Waals surface area contributed by atoms with Crippen LogP contribution in [0.5, 0.6) is 0 Å². The van der Waals surface area contributed by atoms with Gasteiger partial charge in [0, 0.05) is 13.1 Å². The maximum Gasteiger partial charge on any atom is 0.338 e. The number of amides is 2. The van der Waals surface area contributed by atoms with Gasteiger partial charge >= 0.3 is 5.97 Å². The Morgan fingerprint density at radius 1 is 1.09 bits per heavy atom. The zero-order valence-electron chi connectivity index (χ0n) is 14.1. The topological polar surface area (TPSA) is 75.7 Å². The van der Waals surface area contributed by atoms with Gasteiger partial charge in [-0.3, -0.25) is 9.59 Å². The number of likely N-dealkylation sites (N-methyl/N-ethyl adjacent to an activating group) is 2. The number of hydrogen-bond donors (Lipinski definition) is 1. The van der Waals surface area contributed by atoms with Crippen LogP contribution in [0.2, 0.25) is 0 Å². The first-order valence-corrected chi connectivity index (χ1v) is 7.67. The number of ether oxygens (including phenoxy) is 1. The summed E-state index contributed by atoms with van der Waals surface area (Å²) in [6.45, 7) is 7.82. The van der Waals surface area contributed by atoms with Crippen molar-refractivity contribution in [3.63, 3.8) is 0 Å². The lowest BCUT2D eigenvalue weighted by molar-refractivity contribution is -0.138. The first-order valence-electron chi connectivity index (χ1n) is 7.67. The molecular formula is C17H24N2O4. The fraction of sp³-hybridized carbons (Fsp3) is 0.471.